The molecule has 0 spiro atoms. The highest BCUT2D eigenvalue weighted by atomic mass is 32.2. The average Bonchev–Trinajstić information content (AvgIpc) is 2.97. The predicted molar refractivity (Wildman–Crippen MR) is 66.6 cm³/mol. The Balaban J connectivity index is 2.09. The van der Waals surface area contributed by atoms with Gasteiger partial charge in [-0.05, 0) is 0 Å². The van der Waals surface area contributed by atoms with Crippen molar-refractivity contribution in [3.63, 3.8) is 0 Å². The molecule has 1 aliphatic rings. The maximum atomic E-state index is 12.3. The molecule has 0 bridgehead atoms. The van der Waals surface area contributed by atoms with Crippen LogP contribution in [0.5, 0.6) is 0 Å². The van der Waals surface area contributed by atoms with E-state index in [4.69, 9.17) is 0 Å². The lowest BCUT2D eigenvalue weighted by molar-refractivity contribution is -0.121. The fourth-order valence-electron chi connectivity index (χ4n) is 2.02. The fraction of sp³-hybridized carbons (Fsp3) is 0.400. The predicted octanol–water partition coefficient (Wildman–Crippen LogP) is -0.0975. The van der Waals surface area contributed by atoms with Gasteiger partial charge >= 0.3 is 0 Å². The molecule has 0 saturated carbocycles. The molecule has 1 amide bonds. The first-order valence-electron chi connectivity index (χ1n) is 5.49. The summed E-state index contributed by atoms with van der Waals surface area (Å²) in [6.45, 7) is 0. The van der Waals surface area contributed by atoms with E-state index in [9.17, 15) is 9.59 Å². The first kappa shape index (κ1) is 11.3. The zero-order valence-electron chi connectivity index (χ0n) is 9.64. The molecule has 0 aromatic carbocycles. The van der Waals surface area contributed by atoms with Gasteiger partial charge in [0.05, 0.1) is 12.2 Å². The highest BCUT2D eigenvalue weighted by Gasteiger charge is 2.28. The van der Waals surface area contributed by atoms with E-state index in [1.54, 1.807) is 11.6 Å². The van der Waals surface area contributed by atoms with Gasteiger partial charge in [0.1, 0.15) is 5.39 Å². The van der Waals surface area contributed by atoms with E-state index >= 15 is 0 Å². The molecule has 7 nitrogen and oxygen atoms in total. The number of aromatic amines is 1. The third-order valence-electron chi connectivity index (χ3n) is 2.95. The van der Waals surface area contributed by atoms with Gasteiger partial charge in [0, 0.05) is 19.2 Å². The van der Waals surface area contributed by atoms with Crippen LogP contribution in [0.15, 0.2) is 16.1 Å². The number of amides is 1. The zero-order valence-corrected chi connectivity index (χ0v) is 10.5. The summed E-state index contributed by atoms with van der Waals surface area (Å²) in [7, 11) is 1.59. The molecule has 2 aromatic heterocycles. The first-order valence-corrected chi connectivity index (χ1v) is 6.48. The minimum Gasteiger partial charge on any atom is -0.359 e. The van der Waals surface area contributed by atoms with Crippen molar-refractivity contribution in [2.45, 2.75) is 17.6 Å². The van der Waals surface area contributed by atoms with Crippen LogP contribution in [0.3, 0.4) is 0 Å². The van der Waals surface area contributed by atoms with Gasteiger partial charge in [-0.2, -0.15) is 5.10 Å². The molecule has 2 aromatic rings. The van der Waals surface area contributed by atoms with Gasteiger partial charge in [-0.3, -0.25) is 19.3 Å². The van der Waals surface area contributed by atoms with Gasteiger partial charge in [-0.15, -0.1) is 0 Å². The number of carbonyl (C=O) groups is 1. The van der Waals surface area contributed by atoms with Crippen LogP contribution in [0.1, 0.15) is 12.5 Å². The third-order valence-corrected chi connectivity index (χ3v) is 4.05. The van der Waals surface area contributed by atoms with Crippen molar-refractivity contribution in [1.29, 1.82) is 0 Å². The second-order valence-corrected chi connectivity index (χ2v) is 5.03. The number of nitrogens with zero attached hydrogens (tertiary/aromatic N) is 3. The SMILES string of the molecule is CNC(=O)CC1CSc2nc3[nH]ncc3c(=O)n21. The number of fused-ring (bicyclic) bond motifs is 2. The summed E-state index contributed by atoms with van der Waals surface area (Å²) in [6, 6.07) is -0.135. The van der Waals surface area contributed by atoms with Crippen molar-refractivity contribution in [2.75, 3.05) is 12.8 Å². The zero-order chi connectivity index (χ0) is 12.7. The van der Waals surface area contributed by atoms with Crippen LogP contribution in [-0.2, 0) is 4.79 Å². The van der Waals surface area contributed by atoms with Crippen LogP contribution in [0.4, 0.5) is 0 Å². The van der Waals surface area contributed by atoms with Crippen molar-refractivity contribution in [1.82, 2.24) is 25.1 Å². The van der Waals surface area contributed by atoms with E-state index in [0.29, 0.717) is 28.4 Å². The van der Waals surface area contributed by atoms with Crippen LogP contribution >= 0.6 is 11.8 Å². The number of hydrogen-bond acceptors (Lipinski definition) is 5. The molecule has 0 saturated heterocycles. The fourth-order valence-corrected chi connectivity index (χ4v) is 3.16. The maximum absolute atomic E-state index is 12.3. The Kier molecular flexibility index (Phi) is 2.58. The van der Waals surface area contributed by atoms with E-state index in [-0.39, 0.29) is 17.5 Å². The molecule has 3 rings (SSSR count). The van der Waals surface area contributed by atoms with Crippen LogP contribution < -0.4 is 10.9 Å². The molecular formula is C10H11N5O2S. The summed E-state index contributed by atoms with van der Waals surface area (Å²) in [4.78, 5) is 28.0. The van der Waals surface area contributed by atoms with Crippen molar-refractivity contribution in [3.05, 3.63) is 16.6 Å². The molecule has 1 aliphatic heterocycles. The van der Waals surface area contributed by atoms with Crippen LogP contribution in [-0.4, -0.2) is 38.5 Å². The van der Waals surface area contributed by atoms with E-state index in [1.807, 2.05) is 0 Å². The summed E-state index contributed by atoms with van der Waals surface area (Å²) in [6.07, 6.45) is 1.76. The smallest absolute Gasteiger partial charge is 0.265 e. The van der Waals surface area contributed by atoms with Crippen LogP contribution in [0.2, 0.25) is 0 Å². The number of carbonyl (C=O) groups excluding carboxylic acids is 1. The Morgan fingerprint density at radius 1 is 1.72 bits per heavy atom. The molecule has 1 atom stereocenters. The number of rotatable bonds is 2. The van der Waals surface area contributed by atoms with E-state index in [2.05, 4.69) is 20.5 Å². The normalized spacial score (nSPS) is 17.9. The summed E-state index contributed by atoms with van der Waals surface area (Å²) >= 11 is 1.48. The van der Waals surface area contributed by atoms with Gasteiger partial charge in [0.25, 0.3) is 5.56 Å². The molecule has 94 valence electrons. The molecule has 8 heteroatoms. The Morgan fingerprint density at radius 2 is 2.56 bits per heavy atom. The molecule has 1 unspecified atom stereocenters. The highest BCUT2D eigenvalue weighted by Crippen LogP contribution is 2.32. The number of aromatic nitrogens is 4. The van der Waals surface area contributed by atoms with Crippen LogP contribution in [0.25, 0.3) is 11.0 Å². The molecule has 3 heterocycles. The number of nitrogens with one attached hydrogen (secondary N) is 2. The van der Waals surface area contributed by atoms with Crippen molar-refractivity contribution in [3.8, 4) is 0 Å². The lowest BCUT2D eigenvalue weighted by Crippen LogP contribution is -2.29. The van der Waals surface area contributed by atoms with E-state index in [1.165, 1.54) is 18.0 Å². The van der Waals surface area contributed by atoms with Gasteiger partial charge in [0.2, 0.25) is 5.91 Å². The lowest BCUT2D eigenvalue weighted by atomic mass is 10.2. The van der Waals surface area contributed by atoms with E-state index < -0.39 is 0 Å². The largest absolute Gasteiger partial charge is 0.359 e. The third kappa shape index (κ3) is 1.60. The number of hydrogen-bond donors (Lipinski definition) is 2. The quantitative estimate of drug-likeness (QED) is 0.740. The molecule has 18 heavy (non-hydrogen) atoms. The van der Waals surface area contributed by atoms with Gasteiger partial charge in [-0.1, -0.05) is 11.8 Å². The summed E-state index contributed by atoms with van der Waals surface area (Å²) in [5.74, 6) is 0.614. The Hall–Kier alpha value is -1.83. The Bertz CT molecular complexity index is 676. The minimum atomic E-state index is -0.136. The molecule has 0 fully saturated rings. The standard InChI is InChI=1S/C10H11N5O2S/c1-11-7(16)2-5-4-18-10-13-8-6(3-12-14-8)9(17)15(5)10/h3,5H,2,4H2,1H3,(H,11,16)(H,12,14). The van der Waals surface area contributed by atoms with Crippen molar-refractivity contribution >= 4 is 28.7 Å². The number of thioether (sulfide) groups is 1. The first-order chi connectivity index (χ1) is 8.70. The van der Waals surface area contributed by atoms with Crippen LogP contribution in [0, 0.1) is 0 Å². The highest BCUT2D eigenvalue weighted by molar-refractivity contribution is 7.99. The summed E-state index contributed by atoms with van der Waals surface area (Å²) < 4.78 is 1.60. The lowest BCUT2D eigenvalue weighted by Gasteiger charge is -2.11. The molecule has 2 N–H and O–H groups in total. The topological polar surface area (TPSA) is 92.7 Å². The summed E-state index contributed by atoms with van der Waals surface area (Å²) in [5, 5.41) is 10.2. The average molecular weight is 265 g/mol. The second-order valence-electron chi connectivity index (χ2n) is 4.04. The monoisotopic (exact) mass is 265 g/mol. The number of H-pyrrole nitrogens is 1. The van der Waals surface area contributed by atoms with E-state index in [0.717, 1.165) is 0 Å². The Labute approximate surface area is 106 Å². The van der Waals surface area contributed by atoms with Crippen molar-refractivity contribution in [2.24, 2.45) is 0 Å². The van der Waals surface area contributed by atoms with Crippen molar-refractivity contribution < 1.29 is 4.79 Å². The summed E-state index contributed by atoms with van der Waals surface area (Å²) in [5.41, 5.74) is 0.363. The molecule has 0 radical (unpaired) electrons. The van der Waals surface area contributed by atoms with Gasteiger partial charge in [-0.25, -0.2) is 4.98 Å². The molecular weight excluding hydrogens is 254 g/mol. The maximum Gasteiger partial charge on any atom is 0.265 e. The van der Waals surface area contributed by atoms with Gasteiger partial charge < -0.3 is 5.32 Å². The second kappa shape index (κ2) is 4.13. The van der Waals surface area contributed by atoms with Gasteiger partial charge in [0.15, 0.2) is 10.8 Å². The molecule has 0 aliphatic carbocycles. The Morgan fingerprint density at radius 3 is 3.33 bits per heavy atom. The minimum absolute atomic E-state index is 0.0763.